The van der Waals surface area contributed by atoms with Gasteiger partial charge < -0.3 is 14.5 Å². The highest BCUT2D eigenvalue weighted by atomic mass is 32.2. The zero-order chi connectivity index (χ0) is 21.5. The Balaban J connectivity index is 1.33. The molecular weight excluding hydrogens is 408 g/mol. The summed E-state index contributed by atoms with van der Waals surface area (Å²) in [5.74, 6) is 2.20. The van der Waals surface area contributed by atoms with Gasteiger partial charge >= 0.3 is 0 Å². The molecule has 0 bridgehead atoms. The van der Waals surface area contributed by atoms with Crippen molar-refractivity contribution in [3.8, 4) is 17.0 Å². The van der Waals surface area contributed by atoms with Crippen LogP contribution in [-0.2, 0) is 4.79 Å². The highest BCUT2D eigenvalue weighted by molar-refractivity contribution is 8.00. The van der Waals surface area contributed by atoms with Crippen LogP contribution in [0.3, 0.4) is 0 Å². The van der Waals surface area contributed by atoms with Crippen LogP contribution < -0.4 is 9.64 Å². The van der Waals surface area contributed by atoms with Crippen LogP contribution in [0, 0.1) is 0 Å². The number of carbonyl (C=O) groups is 1. The SMILES string of the molecule is CCOc1ccc(-c2ccnc(N3CCN(C(=O)CSc4ccccc4)CC3)n2)cc1. The number of ether oxygens (including phenoxy) is 1. The number of piperazine rings is 1. The normalized spacial score (nSPS) is 13.8. The van der Waals surface area contributed by atoms with Crippen molar-refractivity contribution in [1.29, 1.82) is 0 Å². The Morgan fingerprint density at radius 2 is 1.74 bits per heavy atom. The van der Waals surface area contributed by atoms with Gasteiger partial charge in [0, 0.05) is 42.8 Å². The van der Waals surface area contributed by atoms with E-state index < -0.39 is 0 Å². The van der Waals surface area contributed by atoms with Crippen molar-refractivity contribution in [3.05, 3.63) is 66.9 Å². The van der Waals surface area contributed by atoms with Crippen LogP contribution in [0.1, 0.15) is 6.92 Å². The highest BCUT2D eigenvalue weighted by Crippen LogP contribution is 2.23. The molecule has 0 saturated carbocycles. The van der Waals surface area contributed by atoms with Gasteiger partial charge in [0.05, 0.1) is 18.1 Å². The van der Waals surface area contributed by atoms with Crippen LogP contribution in [0.15, 0.2) is 71.8 Å². The van der Waals surface area contributed by atoms with Crippen molar-refractivity contribution in [2.75, 3.05) is 43.4 Å². The summed E-state index contributed by atoms with van der Waals surface area (Å²) in [6.07, 6.45) is 1.79. The van der Waals surface area contributed by atoms with Crippen molar-refractivity contribution in [2.24, 2.45) is 0 Å². The van der Waals surface area contributed by atoms with E-state index >= 15 is 0 Å². The molecule has 2 aromatic carbocycles. The monoisotopic (exact) mass is 434 g/mol. The van der Waals surface area contributed by atoms with Gasteiger partial charge in [0.1, 0.15) is 5.75 Å². The molecule has 0 N–H and O–H groups in total. The van der Waals surface area contributed by atoms with E-state index in [1.165, 1.54) is 0 Å². The minimum atomic E-state index is 0.178. The number of anilines is 1. The molecule has 0 unspecified atom stereocenters. The summed E-state index contributed by atoms with van der Waals surface area (Å²) in [7, 11) is 0. The topological polar surface area (TPSA) is 58.6 Å². The van der Waals surface area contributed by atoms with Crippen LogP contribution in [0.5, 0.6) is 5.75 Å². The number of hydrogen-bond acceptors (Lipinski definition) is 6. The summed E-state index contributed by atoms with van der Waals surface area (Å²) in [5, 5.41) is 0. The molecule has 0 aliphatic carbocycles. The smallest absolute Gasteiger partial charge is 0.233 e. The lowest BCUT2D eigenvalue weighted by Crippen LogP contribution is -2.49. The third kappa shape index (κ3) is 5.55. The number of amides is 1. The molecule has 4 rings (SSSR count). The standard InChI is InChI=1S/C24H26N4O2S/c1-2-30-20-10-8-19(9-11-20)22-12-13-25-24(26-22)28-16-14-27(15-17-28)23(29)18-31-21-6-4-3-5-7-21/h3-13H,2,14-18H2,1H3. The van der Waals surface area contributed by atoms with E-state index in [2.05, 4.69) is 9.88 Å². The summed E-state index contributed by atoms with van der Waals surface area (Å²) < 4.78 is 5.51. The molecule has 1 fully saturated rings. The number of hydrogen-bond donors (Lipinski definition) is 0. The number of rotatable bonds is 7. The molecular formula is C24H26N4O2S. The minimum absolute atomic E-state index is 0.178. The molecule has 1 aromatic heterocycles. The quantitative estimate of drug-likeness (QED) is 0.524. The van der Waals surface area contributed by atoms with Crippen LogP contribution >= 0.6 is 11.8 Å². The molecule has 3 aromatic rings. The van der Waals surface area contributed by atoms with Gasteiger partial charge in [-0.3, -0.25) is 4.79 Å². The van der Waals surface area contributed by atoms with Crippen molar-refractivity contribution in [3.63, 3.8) is 0 Å². The van der Waals surface area contributed by atoms with Crippen molar-refractivity contribution < 1.29 is 9.53 Å². The number of thioether (sulfide) groups is 1. The second kappa shape index (κ2) is 10.3. The third-order valence-corrected chi connectivity index (χ3v) is 6.12. The summed E-state index contributed by atoms with van der Waals surface area (Å²) in [5.41, 5.74) is 1.91. The van der Waals surface area contributed by atoms with Crippen LogP contribution in [-0.4, -0.2) is 59.3 Å². The molecule has 0 spiro atoms. The van der Waals surface area contributed by atoms with E-state index in [0.29, 0.717) is 31.4 Å². The number of nitrogens with zero attached hydrogens (tertiary/aromatic N) is 4. The first kappa shape index (κ1) is 21.2. The summed E-state index contributed by atoms with van der Waals surface area (Å²) in [6.45, 7) is 5.45. The molecule has 31 heavy (non-hydrogen) atoms. The number of carbonyl (C=O) groups excluding carboxylic acids is 1. The summed E-state index contributed by atoms with van der Waals surface area (Å²) in [4.78, 5) is 27.0. The van der Waals surface area contributed by atoms with E-state index in [1.54, 1.807) is 18.0 Å². The molecule has 2 heterocycles. The molecule has 0 atom stereocenters. The van der Waals surface area contributed by atoms with Gasteiger partial charge in [-0.25, -0.2) is 9.97 Å². The van der Waals surface area contributed by atoms with Crippen molar-refractivity contribution in [2.45, 2.75) is 11.8 Å². The Kier molecular flexibility index (Phi) is 7.04. The van der Waals surface area contributed by atoms with Gasteiger partial charge in [-0.2, -0.15) is 0 Å². The molecule has 1 saturated heterocycles. The largest absolute Gasteiger partial charge is 0.494 e. The first-order valence-corrected chi connectivity index (χ1v) is 11.5. The fourth-order valence-electron chi connectivity index (χ4n) is 3.46. The number of aromatic nitrogens is 2. The lowest BCUT2D eigenvalue weighted by Gasteiger charge is -2.34. The molecule has 1 aliphatic heterocycles. The molecule has 6 nitrogen and oxygen atoms in total. The van der Waals surface area contributed by atoms with Gasteiger partial charge in [-0.1, -0.05) is 18.2 Å². The van der Waals surface area contributed by atoms with E-state index in [0.717, 1.165) is 35.0 Å². The molecule has 1 aliphatic rings. The van der Waals surface area contributed by atoms with Crippen molar-refractivity contribution in [1.82, 2.24) is 14.9 Å². The maximum absolute atomic E-state index is 12.6. The Hall–Kier alpha value is -3.06. The van der Waals surface area contributed by atoms with Gasteiger partial charge in [-0.15, -0.1) is 11.8 Å². The van der Waals surface area contributed by atoms with Crippen LogP contribution in [0.4, 0.5) is 5.95 Å². The zero-order valence-corrected chi connectivity index (χ0v) is 18.4. The molecule has 1 amide bonds. The lowest BCUT2D eigenvalue weighted by atomic mass is 10.1. The summed E-state index contributed by atoms with van der Waals surface area (Å²) in [6, 6.07) is 19.9. The van der Waals surface area contributed by atoms with E-state index in [1.807, 2.05) is 72.5 Å². The van der Waals surface area contributed by atoms with Gasteiger partial charge in [-0.05, 0) is 49.4 Å². The Labute approximate surface area is 187 Å². The lowest BCUT2D eigenvalue weighted by molar-refractivity contribution is -0.128. The van der Waals surface area contributed by atoms with Crippen LogP contribution in [0.25, 0.3) is 11.3 Å². The predicted molar refractivity (Wildman–Crippen MR) is 125 cm³/mol. The highest BCUT2D eigenvalue weighted by Gasteiger charge is 2.22. The fraction of sp³-hybridized carbons (Fsp3) is 0.292. The second-order valence-corrected chi connectivity index (χ2v) is 8.22. The van der Waals surface area contributed by atoms with E-state index in [-0.39, 0.29) is 5.91 Å². The van der Waals surface area contributed by atoms with E-state index in [9.17, 15) is 4.79 Å². The average molecular weight is 435 g/mol. The predicted octanol–water partition coefficient (Wildman–Crippen LogP) is 3.98. The fourth-order valence-corrected chi connectivity index (χ4v) is 4.28. The molecule has 0 radical (unpaired) electrons. The van der Waals surface area contributed by atoms with E-state index in [4.69, 9.17) is 9.72 Å². The maximum atomic E-state index is 12.6. The van der Waals surface area contributed by atoms with Crippen molar-refractivity contribution >= 4 is 23.6 Å². The van der Waals surface area contributed by atoms with Gasteiger partial charge in [0.25, 0.3) is 0 Å². The second-order valence-electron chi connectivity index (χ2n) is 7.17. The zero-order valence-electron chi connectivity index (χ0n) is 17.6. The Morgan fingerprint density at radius 1 is 1.00 bits per heavy atom. The third-order valence-electron chi connectivity index (χ3n) is 5.12. The molecule has 7 heteroatoms. The number of benzene rings is 2. The first-order valence-electron chi connectivity index (χ1n) is 10.5. The molecule has 160 valence electrons. The minimum Gasteiger partial charge on any atom is -0.494 e. The first-order chi connectivity index (χ1) is 15.2. The van der Waals surface area contributed by atoms with Gasteiger partial charge in [0.15, 0.2) is 0 Å². The Bertz CT molecular complexity index is 990. The summed E-state index contributed by atoms with van der Waals surface area (Å²) >= 11 is 1.58. The van der Waals surface area contributed by atoms with Gasteiger partial charge in [0.2, 0.25) is 11.9 Å². The van der Waals surface area contributed by atoms with Crippen LogP contribution in [0.2, 0.25) is 0 Å². The maximum Gasteiger partial charge on any atom is 0.233 e. The average Bonchev–Trinajstić information content (AvgIpc) is 2.84. The Morgan fingerprint density at radius 3 is 2.45 bits per heavy atom.